The molecular weight excluding hydrogens is 352 g/mol. The van der Waals surface area contributed by atoms with Crippen LogP contribution in [0.25, 0.3) is 11.1 Å². The molecule has 1 heterocycles. The average Bonchev–Trinajstić information content (AvgIpc) is 2.68. The molecule has 0 aliphatic carbocycles. The Balaban J connectivity index is 1.79. The summed E-state index contributed by atoms with van der Waals surface area (Å²) in [6, 6.07) is 15.9. The van der Waals surface area contributed by atoms with Crippen molar-refractivity contribution in [2.24, 2.45) is 0 Å². The number of alkyl halides is 2. The molecule has 3 aromatic rings. The van der Waals surface area contributed by atoms with E-state index in [0.29, 0.717) is 22.8 Å². The van der Waals surface area contributed by atoms with Crippen LogP contribution in [0.1, 0.15) is 5.56 Å². The Morgan fingerprint density at radius 1 is 1.07 bits per heavy atom. The Morgan fingerprint density at radius 2 is 1.85 bits per heavy atom. The Bertz CT molecular complexity index is 902. The van der Waals surface area contributed by atoms with Crippen LogP contribution in [0.5, 0.6) is 11.6 Å². The molecular formula is C20H19F2N3O2. The van der Waals surface area contributed by atoms with Gasteiger partial charge in [-0.05, 0) is 29.8 Å². The van der Waals surface area contributed by atoms with E-state index in [9.17, 15) is 8.78 Å². The SMILES string of the molecule is COc1ccc(-c2ccc(N)c(NCc3ccccc3OC(F)F)c2)cn1. The molecule has 0 aliphatic rings. The minimum Gasteiger partial charge on any atom is -0.481 e. The maximum absolute atomic E-state index is 12.5. The molecule has 0 saturated carbocycles. The number of anilines is 2. The highest BCUT2D eigenvalue weighted by molar-refractivity contribution is 5.76. The van der Waals surface area contributed by atoms with Crippen molar-refractivity contribution in [1.29, 1.82) is 0 Å². The number of nitrogens with two attached hydrogens (primary N) is 1. The molecule has 0 fully saturated rings. The summed E-state index contributed by atoms with van der Waals surface area (Å²) in [6.45, 7) is -2.58. The molecule has 0 aliphatic heterocycles. The topological polar surface area (TPSA) is 69.4 Å². The zero-order chi connectivity index (χ0) is 19.2. The number of methoxy groups -OCH3 is 1. The van der Waals surface area contributed by atoms with Gasteiger partial charge in [-0.1, -0.05) is 24.3 Å². The lowest BCUT2D eigenvalue weighted by molar-refractivity contribution is -0.0504. The third-order valence-corrected chi connectivity index (χ3v) is 3.99. The van der Waals surface area contributed by atoms with E-state index in [1.54, 1.807) is 43.6 Å². The summed E-state index contributed by atoms with van der Waals surface area (Å²) in [5.41, 5.74) is 9.71. The number of nitrogen functional groups attached to an aromatic ring is 1. The monoisotopic (exact) mass is 371 g/mol. The minimum absolute atomic E-state index is 0.133. The number of nitrogens with one attached hydrogen (secondary N) is 1. The van der Waals surface area contributed by atoms with Gasteiger partial charge in [-0.25, -0.2) is 4.98 Å². The van der Waals surface area contributed by atoms with Gasteiger partial charge < -0.3 is 20.5 Å². The molecule has 2 aromatic carbocycles. The predicted molar refractivity (Wildman–Crippen MR) is 101 cm³/mol. The molecule has 3 rings (SSSR count). The van der Waals surface area contributed by atoms with Crippen LogP contribution in [0.3, 0.4) is 0 Å². The Morgan fingerprint density at radius 3 is 2.56 bits per heavy atom. The molecule has 3 N–H and O–H groups in total. The van der Waals surface area contributed by atoms with Crippen molar-refractivity contribution in [3.05, 3.63) is 66.4 Å². The molecule has 0 bridgehead atoms. The molecule has 5 nitrogen and oxygen atoms in total. The molecule has 140 valence electrons. The van der Waals surface area contributed by atoms with Gasteiger partial charge in [0.15, 0.2) is 0 Å². The fraction of sp³-hybridized carbons (Fsp3) is 0.150. The second kappa shape index (κ2) is 8.35. The number of halogens is 2. The third-order valence-electron chi connectivity index (χ3n) is 3.99. The van der Waals surface area contributed by atoms with Gasteiger partial charge in [0.25, 0.3) is 0 Å². The normalized spacial score (nSPS) is 10.7. The number of rotatable bonds is 7. The van der Waals surface area contributed by atoms with E-state index in [4.69, 9.17) is 10.5 Å². The minimum atomic E-state index is -2.87. The summed E-state index contributed by atoms with van der Waals surface area (Å²) in [5, 5.41) is 3.18. The Hall–Kier alpha value is -3.35. The molecule has 1 aromatic heterocycles. The first-order valence-electron chi connectivity index (χ1n) is 8.23. The summed E-state index contributed by atoms with van der Waals surface area (Å²) in [7, 11) is 1.56. The Kier molecular flexibility index (Phi) is 5.71. The second-order valence-corrected chi connectivity index (χ2v) is 5.73. The molecule has 0 atom stereocenters. The summed E-state index contributed by atoms with van der Waals surface area (Å²) in [6.07, 6.45) is 1.71. The lowest BCUT2D eigenvalue weighted by Gasteiger charge is -2.14. The van der Waals surface area contributed by atoms with Gasteiger partial charge in [-0.2, -0.15) is 8.78 Å². The largest absolute Gasteiger partial charge is 0.481 e. The molecule has 27 heavy (non-hydrogen) atoms. The number of benzene rings is 2. The number of pyridine rings is 1. The highest BCUT2D eigenvalue weighted by Crippen LogP contribution is 2.29. The first-order valence-corrected chi connectivity index (χ1v) is 8.23. The van der Waals surface area contributed by atoms with Crippen molar-refractivity contribution in [2.75, 3.05) is 18.2 Å². The lowest BCUT2D eigenvalue weighted by atomic mass is 10.1. The van der Waals surface area contributed by atoms with Crippen molar-refractivity contribution >= 4 is 11.4 Å². The zero-order valence-corrected chi connectivity index (χ0v) is 14.7. The van der Waals surface area contributed by atoms with Gasteiger partial charge >= 0.3 is 6.61 Å². The van der Waals surface area contributed by atoms with Crippen LogP contribution >= 0.6 is 0 Å². The number of hydrogen-bond acceptors (Lipinski definition) is 5. The lowest BCUT2D eigenvalue weighted by Crippen LogP contribution is -2.08. The summed E-state index contributed by atoms with van der Waals surface area (Å²) in [5.74, 6) is 0.664. The first kappa shape index (κ1) is 18.4. The molecule has 0 amide bonds. The number of para-hydroxylation sites is 1. The summed E-state index contributed by atoms with van der Waals surface area (Å²) >= 11 is 0. The maximum atomic E-state index is 12.5. The van der Waals surface area contributed by atoms with Gasteiger partial charge in [0.2, 0.25) is 5.88 Å². The van der Waals surface area contributed by atoms with Crippen LogP contribution < -0.4 is 20.5 Å². The van der Waals surface area contributed by atoms with E-state index in [1.807, 2.05) is 18.2 Å². The van der Waals surface area contributed by atoms with Crippen molar-refractivity contribution in [3.8, 4) is 22.8 Å². The molecule has 0 unspecified atom stereocenters. The van der Waals surface area contributed by atoms with Crippen molar-refractivity contribution < 1.29 is 18.3 Å². The first-order chi connectivity index (χ1) is 13.1. The standard InChI is InChI=1S/C20H19F2N3O2/c1-26-19-9-7-14(11-25-19)13-6-8-16(23)17(10-13)24-12-15-4-2-3-5-18(15)27-20(21)22/h2-11,20,24H,12,23H2,1H3. The van der Waals surface area contributed by atoms with Crippen molar-refractivity contribution in [3.63, 3.8) is 0 Å². The predicted octanol–water partition coefficient (Wildman–Crippen LogP) is 4.55. The highest BCUT2D eigenvalue weighted by Gasteiger charge is 2.10. The van der Waals surface area contributed by atoms with Gasteiger partial charge in [0.1, 0.15) is 5.75 Å². The quantitative estimate of drug-likeness (QED) is 0.596. The zero-order valence-electron chi connectivity index (χ0n) is 14.7. The van der Waals surface area contributed by atoms with Gasteiger partial charge in [0, 0.05) is 29.9 Å². The fourth-order valence-electron chi connectivity index (χ4n) is 2.61. The van der Waals surface area contributed by atoms with E-state index in [2.05, 4.69) is 15.0 Å². The average molecular weight is 371 g/mol. The van der Waals surface area contributed by atoms with Crippen LogP contribution in [-0.2, 0) is 6.54 Å². The highest BCUT2D eigenvalue weighted by atomic mass is 19.3. The van der Waals surface area contributed by atoms with Crippen molar-refractivity contribution in [2.45, 2.75) is 13.2 Å². The smallest absolute Gasteiger partial charge is 0.387 e. The van der Waals surface area contributed by atoms with Crippen LogP contribution in [0.2, 0.25) is 0 Å². The maximum Gasteiger partial charge on any atom is 0.387 e. The molecule has 0 spiro atoms. The third kappa shape index (κ3) is 4.63. The van der Waals surface area contributed by atoms with Crippen LogP contribution in [0, 0.1) is 0 Å². The van der Waals surface area contributed by atoms with E-state index in [0.717, 1.165) is 11.1 Å². The molecule has 7 heteroatoms. The number of aromatic nitrogens is 1. The van der Waals surface area contributed by atoms with Crippen LogP contribution in [0.4, 0.5) is 20.2 Å². The van der Waals surface area contributed by atoms with Gasteiger partial charge in [-0.3, -0.25) is 0 Å². The summed E-state index contributed by atoms with van der Waals surface area (Å²) < 4.78 is 34.7. The molecule has 0 saturated heterocycles. The fourth-order valence-corrected chi connectivity index (χ4v) is 2.61. The van der Waals surface area contributed by atoms with E-state index in [-0.39, 0.29) is 12.3 Å². The summed E-state index contributed by atoms with van der Waals surface area (Å²) in [4.78, 5) is 4.20. The van der Waals surface area contributed by atoms with E-state index >= 15 is 0 Å². The van der Waals surface area contributed by atoms with E-state index < -0.39 is 6.61 Å². The van der Waals surface area contributed by atoms with Gasteiger partial charge in [-0.15, -0.1) is 0 Å². The van der Waals surface area contributed by atoms with Crippen LogP contribution in [0.15, 0.2) is 60.8 Å². The second-order valence-electron chi connectivity index (χ2n) is 5.73. The van der Waals surface area contributed by atoms with Gasteiger partial charge in [0.05, 0.1) is 18.5 Å². The van der Waals surface area contributed by atoms with Crippen molar-refractivity contribution in [1.82, 2.24) is 4.98 Å². The van der Waals surface area contributed by atoms with Crippen LogP contribution in [-0.4, -0.2) is 18.7 Å². The number of hydrogen-bond donors (Lipinski definition) is 2. The molecule has 0 radical (unpaired) electrons. The Labute approximate surface area is 155 Å². The number of nitrogens with zero attached hydrogens (tertiary/aromatic N) is 1. The van der Waals surface area contributed by atoms with E-state index in [1.165, 1.54) is 6.07 Å². The number of ether oxygens (including phenoxy) is 2.